The van der Waals surface area contributed by atoms with E-state index in [4.69, 9.17) is 0 Å². The molecule has 6 nitrogen and oxygen atoms in total. The van der Waals surface area contributed by atoms with Gasteiger partial charge in [0.1, 0.15) is 0 Å². The van der Waals surface area contributed by atoms with E-state index in [1.807, 2.05) is 12.1 Å². The number of aliphatic hydroxyl groups is 1. The van der Waals surface area contributed by atoms with E-state index in [1.54, 1.807) is 12.4 Å². The van der Waals surface area contributed by atoms with E-state index in [2.05, 4.69) is 53.2 Å². The second-order valence-corrected chi connectivity index (χ2v) is 6.79. The van der Waals surface area contributed by atoms with E-state index in [9.17, 15) is 5.11 Å². The van der Waals surface area contributed by atoms with Crippen LogP contribution in [0.5, 0.6) is 0 Å². The second-order valence-electron chi connectivity index (χ2n) is 6.79. The van der Waals surface area contributed by atoms with Gasteiger partial charge in [-0.25, -0.2) is 0 Å². The van der Waals surface area contributed by atoms with E-state index < -0.39 is 6.10 Å². The number of nitrogens with one attached hydrogen (secondary N) is 2. The van der Waals surface area contributed by atoms with Crippen molar-refractivity contribution >= 4 is 29.9 Å². The molecule has 1 aromatic rings. The Morgan fingerprint density at radius 1 is 1.36 bits per heavy atom. The molecule has 0 aromatic carbocycles. The summed E-state index contributed by atoms with van der Waals surface area (Å²) in [4.78, 5) is 11.0. The fourth-order valence-electron chi connectivity index (χ4n) is 2.98. The Bertz CT molecular complexity index is 525. The molecule has 3 atom stereocenters. The fourth-order valence-corrected chi connectivity index (χ4v) is 2.98. The molecular weight excluding hydrogens is 429 g/mol. The Kier molecular flexibility index (Phi) is 9.66. The normalized spacial score (nSPS) is 22.6. The van der Waals surface area contributed by atoms with Gasteiger partial charge in [-0.3, -0.25) is 14.9 Å². The van der Waals surface area contributed by atoms with Crippen molar-refractivity contribution in [1.82, 2.24) is 20.5 Å². The van der Waals surface area contributed by atoms with Crippen molar-refractivity contribution in [3.63, 3.8) is 0 Å². The van der Waals surface area contributed by atoms with Crippen LogP contribution in [-0.4, -0.2) is 59.2 Å². The number of pyridine rings is 1. The number of hydrogen-bond donors (Lipinski definition) is 3. The first-order valence-corrected chi connectivity index (χ1v) is 8.88. The molecule has 3 unspecified atom stereocenters. The lowest BCUT2D eigenvalue weighted by Gasteiger charge is -2.22. The number of hydrogen-bond acceptors (Lipinski definition) is 4. The zero-order valence-corrected chi connectivity index (χ0v) is 18.0. The van der Waals surface area contributed by atoms with Gasteiger partial charge in [0.2, 0.25) is 0 Å². The van der Waals surface area contributed by atoms with Crippen LogP contribution in [0, 0.1) is 5.92 Å². The molecule has 2 heterocycles. The van der Waals surface area contributed by atoms with E-state index in [-0.39, 0.29) is 24.0 Å². The molecule has 3 N–H and O–H groups in total. The summed E-state index contributed by atoms with van der Waals surface area (Å²) in [6.07, 6.45) is 2.76. The highest BCUT2D eigenvalue weighted by molar-refractivity contribution is 14.0. The van der Waals surface area contributed by atoms with Crippen molar-refractivity contribution in [2.24, 2.45) is 10.9 Å². The Labute approximate surface area is 168 Å². The maximum Gasteiger partial charge on any atom is 0.191 e. The summed E-state index contributed by atoms with van der Waals surface area (Å²) < 4.78 is 0. The predicted molar refractivity (Wildman–Crippen MR) is 113 cm³/mol. The van der Waals surface area contributed by atoms with Crippen LogP contribution in [0.3, 0.4) is 0 Å². The van der Waals surface area contributed by atoms with E-state index in [0.29, 0.717) is 24.5 Å². The van der Waals surface area contributed by atoms with Gasteiger partial charge in [0.05, 0.1) is 12.6 Å². The minimum atomic E-state index is -0.614. The van der Waals surface area contributed by atoms with E-state index in [1.165, 1.54) is 0 Å². The molecule has 142 valence electrons. The van der Waals surface area contributed by atoms with Crippen molar-refractivity contribution in [1.29, 1.82) is 0 Å². The lowest BCUT2D eigenvalue weighted by atomic mass is 10.1. The summed E-state index contributed by atoms with van der Waals surface area (Å²) in [6.45, 7) is 12.1. The summed E-state index contributed by atoms with van der Waals surface area (Å²) in [5.41, 5.74) is 0.838. The molecule has 1 aliphatic rings. The Balaban J connectivity index is 0.00000312. The van der Waals surface area contributed by atoms with E-state index in [0.717, 1.165) is 31.2 Å². The number of likely N-dealkylation sites (tertiary alicyclic amines) is 1. The highest BCUT2D eigenvalue weighted by atomic mass is 127. The summed E-state index contributed by atoms with van der Waals surface area (Å²) >= 11 is 0. The zero-order chi connectivity index (χ0) is 17.5. The summed E-state index contributed by atoms with van der Waals surface area (Å²) in [6, 6.07) is 4.58. The van der Waals surface area contributed by atoms with Crippen LogP contribution in [0.15, 0.2) is 29.5 Å². The molecule has 1 aromatic heterocycles. The Morgan fingerprint density at radius 3 is 2.60 bits per heavy atom. The van der Waals surface area contributed by atoms with Crippen molar-refractivity contribution in [2.45, 2.75) is 45.9 Å². The minimum Gasteiger partial charge on any atom is -0.386 e. The third-order valence-corrected chi connectivity index (χ3v) is 4.55. The highest BCUT2D eigenvalue weighted by Gasteiger charge is 2.31. The average Bonchev–Trinajstić information content (AvgIpc) is 2.94. The van der Waals surface area contributed by atoms with Crippen LogP contribution in [0.1, 0.15) is 39.4 Å². The molecule has 25 heavy (non-hydrogen) atoms. The van der Waals surface area contributed by atoms with Gasteiger partial charge in [-0.05, 0) is 44.4 Å². The van der Waals surface area contributed by atoms with Crippen LogP contribution in [0.25, 0.3) is 0 Å². The van der Waals surface area contributed by atoms with Crippen molar-refractivity contribution in [3.8, 4) is 0 Å². The molecule has 0 radical (unpaired) electrons. The molecule has 1 fully saturated rings. The maximum atomic E-state index is 10.3. The van der Waals surface area contributed by atoms with Crippen molar-refractivity contribution in [3.05, 3.63) is 30.1 Å². The molecule has 0 aliphatic carbocycles. The quantitative estimate of drug-likeness (QED) is 0.344. The summed E-state index contributed by atoms with van der Waals surface area (Å²) in [7, 11) is 0. The molecular formula is C18H32IN5O. The molecule has 1 aliphatic heterocycles. The summed E-state index contributed by atoms with van der Waals surface area (Å²) in [5, 5.41) is 17.1. The smallest absolute Gasteiger partial charge is 0.191 e. The lowest BCUT2D eigenvalue weighted by molar-refractivity contribution is 0.187. The number of guanidine groups is 1. The van der Waals surface area contributed by atoms with Gasteiger partial charge in [-0.15, -0.1) is 24.0 Å². The molecule has 7 heteroatoms. The monoisotopic (exact) mass is 461 g/mol. The molecule has 0 amide bonds. The first-order chi connectivity index (χ1) is 11.5. The SMILES string of the molecule is CCNC(=NCC(O)c1ccncc1)NC1CN(C(C)C)CC1C.I. The number of nitrogens with zero attached hydrogens (tertiary/aromatic N) is 3. The fraction of sp³-hybridized carbons (Fsp3) is 0.667. The Hall–Kier alpha value is -0.930. The van der Waals surface area contributed by atoms with Gasteiger partial charge >= 0.3 is 0 Å². The third-order valence-electron chi connectivity index (χ3n) is 4.55. The van der Waals surface area contributed by atoms with Crippen LogP contribution in [0.2, 0.25) is 0 Å². The largest absolute Gasteiger partial charge is 0.386 e. The molecule has 2 rings (SSSR count). The predicted octanol–water partition coefficient (Wildman–Crippen LogP) is 2.02. The number of halogens is 1. The molecule has 0 saturated carbocycles. The average molecular weight is 461 g/mol. The zero-order valence-electron chi connectivity index (χ0n) is 15.6. The van der Waals surface area contributed by atoms with Gasteiger partial charge in [0.15, 0.2) is 5.96 Å². The highest BCUT2D eigenvalue weighted by Crippen LogP contribution is 2.18. The Morgan fingerprint density at radius 2 is 2.04 bits per heavy atom. The van der Waals surface area contributed by atoms with Crippen LogP contribution in [0.4, 0.5) is 0 Å². The van der Waals surface area contributed by atoms with Crippen molar-refractivity contribution in [2.75, 3.05) is 26.2 Å². The van der Waals surface area contributed by atoms with Crippen LogP contribution >= 0.6 is 24.0 Å². The summed E-state index contributed by atoms with van der Waals surface area (Å²) in [5.74, 6) is 1.34. The van der Waals surface area contributed by atoms with Crippen LogP contribution < -0.4 is 10.6 Å². The first kappa shape index (κ1) is 22.1. The van der Waals surface area contributed by atoms with Crippen LogP contribution in [-0.2, 0) is 0 Å². The number of aliphatic imine (C=N–C) groups is 1. The minimum absolute atomic E-state index is 0. The van der Waals surface area contributed by atoms with Gasteiger partial charge < -0.3 is 15.7 Å². The standard InChI is InChI=1S/C18H31N5O.HI/c1-5-20-18(21-10-17(24)15-6-8-19-9-7-15)22-16-12-23(13(2)3)11-14(16)4;/h6-9,13-14,16-17,24H,5,10-12H2,1-4H3,(H2,20,21,22);1H. The van der Waals surface area contributed by atoms with Gasteiger partial charge in [0.25, 0.3) is 0 Å². The number of rotatable bonds is 6. The molecule has 1 saturated heterocycles. The molecule has 0 spiro atoms. The molecule has 0 bridgehead atoms. The lowest BCUT2D eigenvalue weighted by Crippen LogP contribution is -2.47. The van der Waals surface area contributed by atoms with Gasteiger partial charge in [-0.1, -0.05) is 6.92 Å². The van der Waals surface area contributed by atoms with E-state index >= 15 is 0 Å². The topological polar surface area (TPSA) is 72.8 Å². The number of aliphatic hydroxyl groups excluding tert-OH is 1. The first-order valence-electron chi connectivity index (χ1n) is 8.88. The number of aromatic nitrogens is 1. The van der Waals surface area contributed by atoms with Gasteiger partial charge in [0, 0.05) is 44.1 Å². The third kappa shape index (κ3) is 6.71. The van der Waals surface area contributed by atoms with Gasteiger partial charge in [-0.2, -0.15) is 0 Å². The van der Waals surface area contributed by atoms with Crippen molar-refractivity contribution < 1.29 is 5.11 Å². The second kappa shape index (κ2) is 10.9. The maximum absolute atomic E-state index is 10.3.